The zero-order chi connectivity index (χ0) is 13.5. The number of hydrogen-bond donors (Lipinski definition) is 2. The van der Waals surface area contributed by atoms with Crippen LogP contribution in [0.2, 0.25) is 0 Å². The molecule has 1 aromatic heterocycles. The molecule has 2 rings (SSSR count). The van der Waals surface area contributed by atoms with Crippen LogP contribution in [-0.2, 0) is 0 Å². The monoisotopic (exact) mass is 267 g/mol. The number of likely N-dealkylation sites (tertiary alicyclic amines) is 1. The first-order valence-corrected chi connectivity index (χ1v) is 6.97. The van der Waals surface area contributed by atoms with Gasteiger partial charge >= 0.3 is 0 Å². The Hall–Kier alpha value is -1.20. The number of hydrogen-bond acceptors (Lipinski definition) is 4. The van der Waals surface area contributed by atoms with Crippen molar-refractivity contribution >= 4 is 5.82 Å². The number of aromatic nitrogens is 1. The first-order valence-electron chi connectivity index (χ1n) is 6.97. The van der Waals surface area contributed by atoms with Crippen LogP contribution in [0.25, 0.3) is 0 Å². The van der Waals surface area contributed by atoms with Crippen LogP contribution in [-0.4, -0.2) is 47.8 Å². The molecule has 1 atom stereocenters. The molecule has 2 heterocycles. The van der Waals surface area contributed by atoms with Gasteiger partial charge in [0.05, 0.1) is 0 Å². The van der Waals surface area contributed by atoms with Gasteiger partial charge in [-0.15, -0.1) is 0 Å². The van der Waals surface area contributed by atoms with Crippen molar-refractivity contribution < 1.29 is 9.50 Å². The van der Waals surface area contributed by atoms with Crippen LogP contribution in [0.3, 0.4) is 0 Å². The van der Waals surface area contributed by atoms with E-state index >= 15 is 0 Å². The highest BCUT2D eigenvalue weighted by Gasteiger charge is 2.18. The average Bonchev–Trinajstić information content (AvgIpc) is 2.45. The van der Waals surface area contributed by atoms with Crippen LogP contribution >= 0.6 is 0 Å². The lowest BCUT2D eigenvalue weighted by Gasteiger charge is -2.31. The lowest BCUT2D eigenvalue weighted by Crippen LogP contribution is -2.37. The third-order valence-electron chi connectivity index (χ3n) is 3.56. The smallest absolute Gasteiger partial charge is 0.165 e. The molecule has 0 aromatic carbocycles. The number of nitrogens with zero attached hydrogens (tertiary/aromatic N) is 2. The molecule has 19 heavy (non-hydrogen) atoms. The molecule has 1 fully saturated rings. The first-order chi connectivity index (χ1) is 9.29. The Morgan fingerprint density at radius 2 is 2.42 bits per heavy atom. The molecule has 2 N–H and O–H groups in total. The van der Waals surface area contributed by atoms with Crippen molar-refractivity contribution in [3.8, 4) is 0 Å². The van der Waals surface area contributed by atoms with Crippen LogP contribution in [0.4, 0.5) is 10.2 Å². The number of nitrogens with one attached hydrogen (secondary N) is 1. The number of anilines is 1. The summed E-state index contributed by atoms with van der Waals surface area (Å²) in [7, 11) is 0. The second-order valence-corrected chi connectivity index (χ2v) is 5.11. The van der Waals surface area contributed by atoms with Crippen molar-refractivity contribution in [3.05, 3.63) is 24.1 Å². The predicted octanol–water partition coefficient (Wildman–Crippen LogP) is 1.73. The van der Waals surface area contributed by atoms with E-state index in [9.17, 15) is 9.50 Å². The Bertz CT molecular complexity index is 389. The van der Waals surface area contributed by atoms with Gasteiger partial charge in [0.1, 0.15) is 0 Å². The number of halogens is 1. The van der Waals surface area contributed by atoms with Crippen molar-refractivity contribution in [2.24, 2.45) is 5.92 Å². The molecular weight excluding hydrogens is 245 g/mol. The zero-order valence-electron chi connectivity index (χ0n) is 11.2. The molecule has 4 nitrogen and oxygen atoms in total. The van der Waals surface area contributed by atoms with Gasteiger partial charge in [-0.3, -0.25) is 0 Å². The van der Waals surface area contributed by atoms with Gasteiger partial charge in [0, 0.05) is 25.9 Å². The van der Waals surface area contributed by atoms with E-state index in [1.807, 2.05) is 0 Å². The third-order valence-corrected chi connectivity index (χ3v) is 3.56. The van der Waals surface area contributed by atoms with E-state index in [1.54, 1.807) is 12.3 Å². The van der Waals surface area contributed by atoms with Crippen molar-refractivity contribution in [1.82, 2.24) is 9.88 Å². The summed E-state index contributed by atoms with van der Waals surface area (Å²) in [5.74, 6) is 0.449. The summed E-state index contributed by atoms with van der Waals surface area (Å²) in [6.45, 7) is 4.07. The first kappa shape index (κ1) is 14.2. The minimum atomic E-state index is -0.305. The lowest BCUT2D eigenvalue weighted by molar-refractivity contribution is 0.120. The number of rotatable bonds is 6. The van der Waals surface area contributed by atoms with Gasteiger partial charge < -0.3 is 15.3 Å². The molecule has 0 amide bonds. The van der Waals surface area contributed by atoms with Gasteiger partial charge in [-0.2, -0.15) is 0 Å². The van der Waals surface area contributed by atoms with E-state index in [-0.39, 0.29) is 12.4 Å². The average molecular weight is 267 g/mol. The summed E-state index contributed by atoms with van der Waals surface area (Å²) in [6.07, 6.45) is 4.83. The van der Waals surface area contributed by atoms with Crippen LogP contribution < -0.4 is 5.32 Å². The van der Waals surface area contributed by atoms with E-state index in [0.717, 1.165) is 38.9 Å². The second kappa shape index (κ2) is 7.40. The highest BCUT2D eigenvalue weighted by atomic mass is 19.1. The van der Waals surface area contributed by atoms with E-state index in [0.29, 0.717) is 18.3 Å². The number of aliphatic hydroxyl groups is 1. The topological polar surface area (TPSA) is 48.4 Å². The highest BCUT2D eigenvalue weighted by molar-refractivity contribution is 5.35. The van der Waals surface area contributed by atoms with Crippen LogP contribution in [0.5, 0.6) is 0 Å². The van der Waals surface area contributed by atoms with Gasteiger partial charge in [0.2, 0.25) is 0 Å². The molecule has 1 aliphatic rings. The highest BCUT2D eigenvalue weighted by Crippen LogP contribution is 2.15. The zero-order valence-corrected chi connectivity index (χ0v) is 11.2. The summed E-state index contributed by atoms with van der Waals surface area (Å²) in [4.78, 5) is 6.33. The quantitative estimate of drug-likeness (QED) is 0.771. The minimum Gasteiger partial charge on any atom is -0.396 e. The van der Waals surface area contributed by atoms with Gasteiger partial charge in [-0.05, 0) is 50.4 Å². The number of pyridine rings is 1. The van der Waals surface area contributed by atoms with Crippen molar-refractivity contribution in [2.45, 2.75) is 19.3 Å². The SMILES string of the molecule is OCC1CCCN(CCCNc2ncccc2F)C1. The Labute approximate surface area is 113 Å². The van der Waals surface area contributed by atoms with E-state index < -0.39 is 0 Å². The van der Waals surface area contributed by atoms with Crippen LogP contribution in [0, 0.1) is 11.7 Å². The fraction of sp³-hybridized carbons (Fsp3) is 0.643. The summed E-state index contributed by atoms with van der Waals surface area (Å²) >= 11 is 0. The van der Waals surface area contributed by atoms with E-state index in [4.69, 9.17) is 0 Å². The molecule has 1 aliphatic heterocycles. The minimum absolute atomic E-state index is 0.286. The van der Waals surface area contributed by atoms with Crippen molar-refractivity contribution in [2.75, 3.05) is 38.1 Å². The lowest BCUT2D eigenvalue weighted by atomic mass is 9.99. The summed E-state index contributed by atoms with van der Waals surface area (Å²) in [5.41, 5.74) is 0. The van der Waals surface area contributed by atoms with Gasteiger partial charge in [0.25, 0.3) is 0 Å². The van der Waals surface area contributed by atoms with Crippen molar-refractivity contribution in [1.29, 1.82) is 0 Å². The standard InChI is InChI=1S/C14H22FN3O/c15-13-5-1-6-16-14(13)17-7-3-9-18-8-2-4-12(10-18)11-19/h1,5-6,12,19H,2-4,7-11H2,(H,16,17). The van der Waals surface area contributed by atoms with E-state index in [1.165, 1.54) is 6.07 Å². The fourth-order valence-electron chi connectivity index (χ4n) is 2.53. The molecule has 1 aromatic rings. The van der Waals surface area contributed by atoms with Crippen LogP contribution in [0.1, 0.15) is 19.3 Å². The molecule has 1 unspecified atom stereocenters. The molecule has 0 radical (unpaired) electrons. The predicted molar refractivity (Wildman–Crippen MR) is 73.6 cm³/mol. The maximum atomic E-state index is 13.3. The van der Waals surface area contributed by atoms with Gasteiger partial charge in [0.15, 0.2) is 11.6 Å². The molecule has 106 valence electrons. The molecule has 5 heteroatoms. The largest absolute Gasteiger partial charge is 0.396 e. The third kappa shape index (κ3) is 4.44. The molecule has 0 bridgehead atoms. The Balaban J connectivity index is 1.65. The molecular formula is C14H22FN3O. The number of aliphatic hydroxyl groups excluding tert-OH is 1. The second-order valence-electron chi connectivity index (χ2n) is 5.11. The van der Waals surface area contributed by atoms with E-state index in [2.05, 4.69) is 15.2 Å². The number of piperidine rings is 1. The maximum absolute atomic E-state index is 13.3. The fourth-order valence-corrected chi connectivity index (χ4v) is 2.53. The summed E-state index contributed by atoms with van der Waals surface area (Å²) < 4.78 is 13.3. The molecule has 0 aliphatic carbocycles. The summed E-state index contributed by atoms with van der Waals surface area (Å²) in [5, 5.41) is 12.2. The molecule has 0 spiro atoms. The van der Waals surface area contributed by atoms with Crippen LogP contribution in [0.15, 0.2) is 18.3 Å². The normalized spacial score (nSPS) is 20.4. The maximum Gasteiger partial charge on any atom is 0.165 e. The molecule has 0 saturated carbocycles. The summed E-state index contributed by atoms with van der Waals surface area (Å²) in [6, 6.07) is 3.00. The Morgan fingerprint density at radius 1 is 1.53 bits per heavy atom. The molecule has 1 saturated heterocycles. The Kier molecular flexibility index (Phi) is 5.54. The van der Waals surface area contributed by atoms with Gasteiger partial charge in [-0.1, -0.05) is 0 Å². The Morgan fingerprint density at radius 3 is 3.21 bits per heavy atom. The van der Waals surface area contributed by atoms with Crippen molar-refractivity contribution in [3.63, 3.8) is 0 Å². The van der Waals surface area contributed by atoms with Gasteiger partial charge in [-0.25, -0.2) is 9.37 Å².